The molecule has 1 aliphatic rings. The second-order valence-corrected chi connectivity index (χ2v) is 7.35. The summed E-state index contributed by atoms with van der Waals surface area (Å²) in [5, 5.41) is 5.12. The molecular weight excluding hydrogens is 364 g/mol. The number of carbonyl (C=O) groups excluding carboxylic acids is 1. The van der Waals surface area contributed by atoms with Crippen LogP contribution < -0.4 is 5.32 Å². The van der Waals surface area contributed by atoms with Gasteiger partial charge in [-0.25, -0.2) is 0 Å². The van der Waals surface area contributed by atoms with Crippen LogP contribution in [-0.2, 0) is 11.3 Å². The fourth-order valence-corrected chi connectivity index (χ4v) is 3.84. The monoisotopic (exact) mass is 386 g/mol. The Morgan fingerprint density at radius 2 is 1.72 bits per heavy atom. The van der Waals surface area contributed by atoms with Crippen molar-refractivity contribution in [1.29, 1.82) is 0 Å². The van der Waals surface area contributed by atoms with Gasteiger partial charge in [0.2, 0.25) is 0 Å². The van der Waals surface area contributed by atoms with Crippen LogP contribution >= 0.6 is 0 Å². The molecule has 5 heteroatoms. The SMILES string of the molecule is O=C(Nc1ccc2c(c1)oc1ccccc12)c1cccc(CN2CCOCC2)c1. The smallest absolute Gasteiger partial charge is 0.255 e. The molecule has 2 heterocycles. The van der Waals surface area contributed by atoms with E-state index in [9.17, 15) is 4.79 Å². The predicted octanol–water partition coefficient (Wildman–Crippen LogP) is 4.67. The Labute approximate surface area is 168 Å². The van der Waals surface area contributed by atoms with Crippen molar-refractivity contribution in [3.8, 4) is 0 Å². The number of ether oxygens (including phenoxy) is 1. The number of furan rings is 1. The van der Waals surface area contributed by atoms with Crippen molar-refractivity contribution in [1.82, 2.24) is 4.90 Å². The highest BCUT2D eigenvalue weighted by atomic mass is 16.5. The van der Waals surface area contributed by atoms with E-state index in [2.05, 4.69) is 16.3 Å². The van der Waals surface area contributed by atoms with Crippen molar-refractivity contribution in [3.63, 3.8) is 0 Å². The third-order valence-electron chi connectivity index (χ3n) is 5.34. The first-order chi connectivity index (χ1) is 14.3. The number of rotatable bonds is 4. The Bertz CT molecular complexity index is 1180. The minimum Gasteiger partial charge on any atom is -0.456 e. The number of nitrogens with zero attached hydrogens (tertiary/aromatic N) is 1. The van der Waals surface area contributed by atoms with Gasteiger partial charge in [0, 0.05) is 47.7 Å². The van der Waals surface area contributed by atoms with E-state index in [1.807, 2.05) is 60.7 Å². The van der Waals surface area contributed by atoms with Gasteiger partial charge in [-0.15, -0.1) is 0 Å². The second-order valence-electron chi connectivity index (χ2n) is 7.35. The van der Waals surface area contributed by atoms with Crippen molar-refractivity contribution in [2.75, 3.05) is 31.6 Å². The molecule has 29 heavy (non-hydrogen) atoms. The molecule has 0 spiro atoms. The molecule has 5 rings (SSSR count). The molecule has 1 N–H and O–H groups in total. The van der Waals surface area contributed by atoms with Crippen LogP contribution in [0, 0.1) is 0 Å². The topological polar surface area (TPSA) is 54.7 Å². The Balaban J connectivity index is 1.34. The highest BCUT2D eigenvalue weighted by molar-refractivity contribution is 6.08. The van der Waals surface area contributed by atoms with Crippen LogP contribution in [0.5, 0.6) is 0 Å². The maximum atomic E-state index is 12.8. The van der Waals surface area contributed by atoms with Gasteiger partial charge in [-0.3, -0.25) is 9.69 Å². The van der Waals surface area contributed by atoms with Gasteiger partial charge >= 0.3 is 0 Å². The zero-order valence-electron chi connectivity index (χ0n) is 16.1. The quantitative estimate of drug-likeness (QED) is 0.554. The van der Waals surface area contributed by atoms with Crippen LogP contribution in [0.4, 0.5) is 5.69 Å². The summed E-state index contributed by atoms with van der Waals surface area (Å²) in [6.45, 7) is 4.21. The lowest BCUT2D eigenvalue weighted by atomic mass is 10.1. The number of fused-ring (bicyclic) bond motifs is 3. The Kier molecular flexibility index (Phi) is 4.76. The summed E-state index contributed by atoms with van der Waals surface area (Å²) >= 11 is 0. The van der Waals surface area contributed by atoms with Gasteiger partial charge in [-0.2, -0.15) is 0 Å². The van der Waals surface area contributed by atoms with Crippen molar-refractivity contribution in [2.45, 2.75) is 6.54 Å². The summed E-state index contributed by atoms with van der Waals surface area (Å²) in [6, 6.07) is 21.5. The van der Waals surface area contributed by atoms with E-state index in [0.717, 1.165) is 66.0 Å². The molecule has 1 aliphatic heterocycles. The fraction of sp³-hybridized carbons (Fsp3) is 0.208. The number of amides is 1. The molecule has 4 aromatic rings. The van der Waals surface area contributed by atoms with Crippen LogP contribution in [0.1, 0.15) is 15.9 Å². The number of hydrogen-bond acceptors (Lipinski definition) is 4. The highest BCUT2D eigenvalue weighted by Crippen LogP contribution is 2.30. The van der Waals surface area contributed by atoms with Gasteiger partial charge in [0.1, 0.15) is 11.2 Å². The van der Waals surface area contributed by atoms with E-state index in [1.165, 1.54) is 0 Å². The minimum absolute atomic E-state index is 0.121. The summed E-state index contributed by atoms with van der Waals surface area (Å²) in [4.78, 5) is 15.1. The number of anilines is 1. The second kappa shape index (κ2) is 7.70. The van der Waals surface area contributed by atoms with Crippen LogP contribution in [0.3, 0.4) is 0 Å². The Morgan fingerprint density at radius 1 is 0.897 bits per heavy atom. The zero-order chi connectivity index (χ0) is 19.6. The predicted molar refractivity (Wildman–Crippen MR) is 114 cm³/mol. The summed E-state index contributed by atoms with van der Waals surface area (Å²) in [6.07, 6.45) is 0. The largest absolute Gasteiger partial charge is 0.456 e. The highest BCUT2D eigenvalue weighted by Gasteiger charge is 2.13. The third kappa shape index (κ3) is 3.75. The summed E-state index contributed by atoms with van der Waals surface area (Å²) < 4.78 is 11.3. The Hall–Kier alpha value is -3.15. The normalized spacial score (nSPS) is 15.0. The van der Waals surface area contributed by atoms with E-state index in [-0.39, 0.29) is 5.91 Å². The fourth-order valence-electron chi connectivity index (χ4n) is 3.84. The van der Waals surface area contributed by atoms with Gasteiger partial charge in [-0.05, 0) is 35.9 Å². The number of benzene rings is 3. The molecule has 0 bridgehead atoms. The molecule has 146 valence electrons. The van der Waals surface area contributed by atoms with Crippen LogP contribution in [-0.4, -0.2) is 37.1 Å². The first-order valence-corrected chi connectivity index (χ1v) is 9.88. The van der Waals surface area contributed by atoms with Crippen molar-refractivity contribution < 1.29 is 13.9 Å². The first-order valence-electron chi connectivity index (χ1n) is 9.88. The molecule has 5 nitrogen and oxygen atoms in total. The van der Waals surface area contributed by atoms with Gasteiger partial charge in [0.15, 0.2) is 0 Å². The van der Waals surface area contributed by atoms with E-state index in [1.54, 1.807) is 0 Å². The molecule has 3 aromatic carbocycles. The van der Waals surface area contributed by atoms with E-state index in [4.69, 9.17) is 9.15 Å². The van der Waals surface area contributed by atoms with Gasteiger partial charge in [0.05, 0.1) is 13.2 Å². The van der Waals surface area contributed by atoms with E-state index < -0.39 is 0 Å². The van der Waals surface area contributed by atoms with Gasteiger partial charge in [-0.1, -0.05) is 30.3 Å². The molecule has 1 saturated heterocycles. The first kappa shape index (κ1) is 17.9. The third-order valence-corrected chi connectivity index (χ3v) is 5.34. The van der Waals surface area contributed by atoms with E-state index >= 15 is 0 Å². The molecule has 1 amide bonds. The van der Waals surface area contributed by atoms with Gasteiger partial charge < -0.3 is 14.5 Å². The molecule has 0 unspecified atom stereocenters. The molecule has 0 atom stereocenters. The number of hydrogen-bond donors (Lipinski definition) is 1. The van der Waals surface area contributed by atoms with Crippen molar-refractivity contribution in [2.24, 2.45) is 0 Å². The molecule has 0 radical (unpaired) electrons. The number of nitrogens with one attached hydrogen (secondary N) is 1. The molecule has 1 aromatic heterocycles. The molecular formula is C24H22N2O3. The Morgan fingerprint density at radius 3 is 2.62 bits per heavy atom. The maximum Gasteiger partial charge on any atom is 0.255 e. The molecule has 1 fully saturated rings. The summed E-state index contributed by atoms with van der Waals surface area (Å²) in [5.74, 6) is -0.121. The average molecular weight is 386 g/mol. The van der Waals surface area contributed by atoms with Crippen LogP contribution in [0.15, 0.2) is 71.1 Å². The summed E-state index contributed by atoms with van der Waals surface area (Å²) in [5.41, 5.74) is 4.12. The van der Waals surface area contributed by atoms with Crippen molar-refractivity contribution >= 4 is 33.5 Å². The lowest BCUT2D eigenvalue weighted by molar-refractivity contribution is 0.0342. The molecule has 0 aliphatic carbocycles. The standard InChI is InChI=1S/C24H22N2O3/c27-24(18-5-3-4-17(14-18)16-26-10-12-28-13-11-26)25-19-8-9-21-20-6-1-2-7-22(20)29-23(21)15-19/h1-9,14-15H,10-13,16H2,(H,25,27). The number of carbonyl (C=O) groups is 1. The van der Waals surface area contributed by atoms with Crippen LogP contribution in [0.2, 0.25) is 0 Å². The minimum atomic E-state index is -0.121. The number of para-hydroxylation sites is 1. The lowest BCUT2D eigenvalue weighted by Crippen LogP contribution is -2.35. The molecule has 0 saturated carbocycles. The van der Waals surface area contributed by atoms with E-state index in [0.29, 0.717) is 5.56 Å². The summed E-state index contributed by atoms with van der Waals surface area (Å²) in [7, 11) is 0. The number of morpholine rings is 1. The maximum absolute atomic E-state index is 12.8. The average Bonchev–Trinajstić information content (AvgIpc) is 3.12. The van der Waals surface area contributed by atoms with Crippen molar-refractivity contribution in [3.05, 3.63) is 77.9 Å². The van der Waals surface area contributed by atoms with Crippen LogP contribution in [0.25, 0.3) is 21.9 Å². The van der Waals surface area contributed by atoms with Gasteiger partial charge in [0.25, 0.3) is 5.91 Å². The zero-order valence-corrected chi connectivity index (χ0v) is 16.1. The lowest BCUT2D eigenvalue weighted by Gasteiger charge is -2.26.